The van der Waals surface area contributed by atoms with E-state index in [1.165, 1.54) is 32.1 Å². The molecule has 2 heterocycles. The van der Waals surface area contributed by atoms with E-state index in [0.717, 1.165) is 46.0 Å². The van der Waals surface area contributed by atoms with Gasteiger partial charge in [-0.2, -0.15) is 0 Å². The molecule has 3 fully saturated rings. The summed E-state index contributed by atoms with van der Waals surface area (Å²) in [4.78, 5) is 2.49. The standard InChI is InChI=1S/C14H26N2O2/c1-3-14(4-1)12-13(2-9-18-14)15-5-6-16-7-10-17-11-8-16/h13,15H,1-12H2. The van der Waals surface area contributed by atoms with E-state index in [-0.39, 0.29) is 5.60 Å². The third kappa shape index (κ3) is 3.05. The zero-order valence-electron chi connectivity index (χ0n) is 11.3. The van der Waals surface area contributed by atoms with Gasteiger partial charge in [0.1, 0.15) is 0 Å². The lowest BCUT2D eigenvalue weighted by Crippen LogP contribution is -2.52. The van der Waals surface area contributed by atoms with E-state index >= 15 is 0 Å². The van der Waals surface area contributed by atoms with Gasteiger partial charge in [0.15, 0.2) is 0 Å². The van der Waals surface area contributed by atoms with E-state index < -0.39 is 0 Å². The van der Waals surface area contributed by atoms with Crippen LogP contribution in [0, 0.1) is 0 Å². The molecule has 1 atom stereocenters. The number of nitrogens with zero attached hydrogens (tertiary/aromatic N) is 1. The predicted molar refractivity (Wildman–Crippen MR) is 70.8 cm³/mol. The van der Waals surface area contributed by atoms with Crippen molar-refractivity contribution in [1.29, 1.82) is 0 Å². The summed E-state index contributed by atoms with van der Waals surface area (Å²) in [6.45, 7) is 7.23. The van der Waals surface area contributed by atoms with Crippen molar-refractivity contribution in [2.45, 2.75) is 43.7 Å². The van der Waals surface area contributed by atoms with Gasteiger partial charge in [0, 0.05) is 38.8 Å². The molecule has 0 aromatic heterocycles. The fourth-order valence-electron chi connectivity index (χ4n) is 3.37. The van der Waals surface area contributed by atoms with Gasteiger partial charge in [-0.05, 0) is 32.1 Å². The molecular weight excluding hydrogens is 228 g/mol. The lowest BCUT2D eigenvalue weighted by Gasteiger charge is -2.47. The van der Waals surface area contributed by atoms with E-state index in [1.807, 2.05) is 0 Å². The molecule has 104 valence electrons. The fraction of sp³-hybridized carbons (Fsp3) is 1.00. The summed E-state index contributed by atoms with van der Waals surface area (Å²) < 4.78 is 11.3. The highest BCUT2D eigenvalue weighted by atomic mass is 16.5. The van der Waals surface area contributed by atoms with E-state index in [0.29, 0.717) is 6.04 Å². The summed E-state index contributed by atoms with van der Waals surface area (Å²) in [6, 6.07) is 0.681. The van der Waals surface area contributed by atoms with Crippen molar-refractivity contribution in [1.82, 2.24) is 10.2 Å². The van der Waals surface area contributed by atoms with E-state index in [4.69, 9.17) is 9.47 Å². The number of ether oxygens (including phenoxy) is 2. The molecule has 2 saturated heterocycles. The number of nitrogens with one attached hydrogen (secondary N) is 1. The Morgan fingerprint density at radius 3 is 2.72 bits per heavy atom. The van der Waals surface area contributed by atoms with Crippen LogP contribution < -0.4 is 5.32 Å². The molecule has 18 heavy (non-hydrogen) atoms. The molecule has 4 heteroatoms. The molecule has 0 aromatic rings. The quantitative estimate of drug-likeness (QED) is 0.812. The largest absolute Gasteiger partial charge is 0.379 e. The monoisotopic (exact) mass is 254 g/mol. The van der Waals surface area contributed by atoms with E-state index in [2.05, 4.69) is 10.2 Å². The summed E-state index contributed by atoms with van der Waals surface area (Å²) >= 11 is 0. The maximum Gasteiger partial charge on any atom is 0.0697 e. The molecule has 1 spiro atoms. The second kappa shape index (κ2) is 5.87. The SMILES string of the molecule is C1CC2(C1)CC(NCCN1CCOCC1)CCO2. The summed E-state index contributed by atoms with van der Waals surface area (Å²) in [5, 5.41) is 3.73. The fourth-order valence-corrected chi connectivity index (χ4v) is 3.37. The Hall–Kier alpha value is -0.160. The minimum atomic E-state index is 0.273. The molecule has 1 N–H and O–H groups in total. The Kier molecular flexibility index (Phi) is 4.19. The average molecular weight is 254 g/mol. The van der Waals surface area contributed by atoms with Crippen molar-refractivity contribution in [2.24, 2.45) is 0 Å². The van der Waals surface area contributed by atoms with Crippen molar-refractivity contribution < 1.29 is 9.47 Å². The van der Waals surface area contributed by atoms with Gasteiger partial charge < -0.3 is 14.8 Å². The summed E-state index contributed by atoms with van der Waals surface area (Å²) in [6.07, 6.45) is 6.35. The first kappa shape index (κ1) is 12.9. The van der Waals surface area contributed by atoms with Crippen LogP contribution >= 0.6 is 0 Å². The highest BCUT2D eigenvalue weighted by Crippen LogP contribution is 2.42. The average Bonchev–Trinajstić information content (AvgIpc) is 2.39. The number of morpholine rings is 1. The zero-order valence-corrected chi connectivity index (χ0v) is 11.3. The maximum absolute atomic E-state index is 5.96. The molecule has 2 aliphatic heterocycles. The van der Waals surface area contributed by atoms with Crippen LogP contribution in [0.25, 0.3) is 0 Å². The molecule has 0 aromatic carbocycles. The van der Waals surface area contributed by atoms with Crippen molar-refractivity contribution >= 4 is 0 Å². The molecular formula is C14H26N2O2. The Bertz CT molecular complexity index is 263. The third-order valence-electron chi connectivity index (χ3n) is 4.72. The van der Waals surface area contributed by atoms with Crippen molar-refractivity contribution in [3.8, 4) is 0 Å². The normalized spacial score (nSPS) is 32.3. The molecule has 1 saturated carbocycles. The van der Waals surface area contributed by atoms with E-state index in [9.17, 15) is 0 Å². The third-order valence-corrected chi connectivity index (χ3v) is 4.72. The Morgan fingerprint density at radius 2 is 2.00 bits per heavy atom. The zero-order chi connectivity index (χ0) is 12.3. The van der Waals surface area contributed by atoms with Gasteiger partial charge >= 0.3 is 0 Å². The number of hydrogen-bond acceptors (Lipinski definition) is 4. The summed E-state index contributed by atoms with van der Waals surface area (Å²) in [5.41, 5.74) is 0.273. The first-order valence-corrected chi connectivity index (χ1v) is 7.54. The Labute approximate surface area is 110 Å². The van der Waals surface area contributed by atoms with Gasteiger partial charge in [-0.3, -0.25) is 4.90 Å². The van der Waals surface area contributed by atoms with Crippen LogP contribution in [0.1, 0.15) is 32.1 Å². The molecule has 0 bridgehead atoms. The van der Waals surface area contributed by atoms with Crippen LogP contribution in [-0.4, -0.2) is 62.5 Å². The van der Waals surface area contributed by atoms with Crippen LogP contribution in [0.2, 0.25) is 0 Å². The van der Waals surface area contributed by atoms with Crippen LogP contribution in [0.4, 0.5) is 0 Å². The van der Waals surface area contributed by atoms with Crippen LogP contribution in [-0.2, 0) is 9.47 Å². The van der Waals surface area contributed by atoms with Crippen molar-refractivity contribution in [3.05, 3.63) is 0 Å². The van der Waals surface area contributed by atoms with Crippen molar-refractivity contribution in [2.75, 3.05) is 46.0 Å². The molecule has 3 aliphatic rings. The number of hydrogen-bond donors (Lipinski definition) is 1. The first-order valence-electron chi connectivity index (χ1n) is 7.54. The maximum atomic E-state index is 5.96. The van der Waals surface area contributed by atoms with Gasteiger partial charge in [0.05, 0.1) is 18.8 Å². The lowest BCUT2D eigenvalue weighted by atomic mass is 9.74. The highest BCUT2D eigenvalue weighted by Gasteiger charge is 2.42. The number of rotatable bonds is 4. The van der Waals surface area contributed by atoms with Gasteiger partial charge in [-0.15, -0.1) is 0 Å². The molecule has 1 unspecified atom stereocenters. The summed E-state index contributed by atoms with van der Waals surface area (Å²) in [7, 11) is 0. The van der Waals surface area contributed by atoms with Crippen LogP contribution in [0.5, 0.6) is 0 Å². The van der Waals surface area contributed by atoms with Gasteiger partial charge in [-0.25, -0.2) is 0 Å². The minimum Gasteiger partial charge on any atom is -0.379 e. The molecule has 1 aliphatic carbocycles. The van der Waals surface area contributed by atoms with Gasteiger partial charge in [-0.1, -0.05) is 0 Å². The van der Waals surface area contributed by atoms with Crippen LogP contribution in [0.3, 0.4) is 0 Å². The second-order valence-electron chi connectivity index (χ2n) is 5.98. The smallest absolute Gasteiger partial charge is 0.0697 e. The Balaban J connectivity index is 1.35. The Morgan fingerprint density at radius 1 is 1.17 bits per heavy atom. The summed E-state index contributed by atoms with van der Waals surface area (Å²) in [5.74, 6) is 0. The predicted octanol–water partition coefficient (Wildman–Crippen LogP) is 1.01. The topological polar surface area (TPSA) is 33.7 Å². The van der Waals surface area contributed by atoms with Crippen molar-refractivity contribution in [3.63, 3.8) is 0 Å². The molecule has 3 rings (SSSR count). The van der Waals surface area contributed by atoms with Gasteiger partial charge in [0.25, 0.3) is 0 Å². The second-order valence-corrected chi connectivity index (χ2v) is 5.98. The first-order chi connectivity index (χ1) is 8.86. The molecule has 0 radical (unpaired) electrons. The molecule has 0 amide bonds. The van der Waals surface area contributed by atoms with Crippen LogP contribution in [0.15, 0.2) is 0 Å². The van der Waals surface area contributed by atoms with E-state index in [1.54, 1.807) is 0 Å². The minimum absolute atomic E-state index is 0.273. The highest BCUT2D eigenvalue weighted by molar-refractivity contribution is 4.96. The molecule has 4 nitrogen and oxygen atoms in total. The lowest BCUT2D eigenvalue weighted by molar-refractivity contribution is -0.135. The van der Waals surface area contributed by atoms with Gasteiger partial charge in [0.2, 0.25) is 0 Å².